The van der Waals surface area contributed by atoms with Crippen LogP contribution in [0.1, 0.15) is 12.6 Å². The van der Waals surface area contributed by atoms with Gasteiger partial charge in [-0.1, -0.05) is 4.49 Å². The van der Waals surface area contributed by atoms with Crippen LogP contribution in [0.3, 0.4) is 0 Å². The molecule has 0 aliphatic heterocycles. The fraction of sp³-hybridized carbons (Fsp3) is 0.333. The van der Waals surface area contributed by atoms with Crippen molar-refractivity contribution < 1.29 is 4.39 Å². The van der Waals surface area contributed by atoms with Crippen molar-refractivity contribution in [3.05, 3.63) is 35.8 Å². The summed E-state index contributed by atoms with van der Waals surface area (Å²) in [6.07, 6.45) is 0. The standard InChI is InChI=1S/C12H15FN4S/c1-3-14-12-11(15-16-18-12)8-17(2)10-6-4-9(13)5-7-10/h4-7,14H,3,8H2,1-2H3. The van der Waals surface area contributed by atoms with E-state index in [1.807, 2.05) is 18.9 Å². The van der Waals surface area contributed by atoms with Gasteiger partial charge in [-0.05, 0) is 31.2 Å². The molecule has 0 fully saturated rings. The third-order valence-electron chi connectivity index (χ3n) is 2.55. The molecule has 96 valence electrons. The Morgan fingerprint density at radius 3 is 2.72 bits per heavy atom. The second-order valence-corrected chi connectivity index (χ2v) is 4.67. The van der Waals surface area contributed by atoms with Gasteiger partial charge in [0.15, 0.2) is 0 Å². The van der Waals surface area contributed by atoms with Crippen molar-refractivity contribution in [2.24, 2.45) is 0 Å². The second kappa shape index (κ2) is 5.77. The zero-order valence-corrected chi connectivity index (χ0v) is 11.2. The molecule has 0 atom stereocenters. The minimum atomic E-state index is -0.226. The van der Waals surface area contributed by atoms with Gasteiger partial charge in [0.2, 0.25) is 0 Å². The molecule has 2 rings (SSSR count). The molecule has 0 aliphatic carbocycles. The number of rotatable bonds is 5. The lowest BCUT2D eigenvalue weighted by atomic mass is 10.3. The summed E-state index contributed by atoms with van der Waals surface area (Å²) in [4.78, 5) is 2.01. The molecule has 0 spiro atoms. The Hall–Kier alpha value is -1.69. The van der Waals surface area contributed by atoms with Crippen LogP contribution >= 0.6 is 11.5 Å². The number of hydrogen-bond donors (Lipinski definition) is 1. The van der Waals surface area contributed by atoms with Gasteiger partial charge in [0.25, 0.3) is 0 Å². The predicted molar refractivity (Wildman–Crippen MR) is 72.6 cm³/mol. The Bertz CT molecular complexity index is 497. The smallest absolute Gasteiger partial charge is 0.135 e. The quantitative estimate of drug-likeness (QED) is 0.903. The molecule has 2 aromatic rings. The number of hydrogen-bond acceptors (Lipinski definition) is 5. The van der Waals surface area contributed by atoms with E-state index in [0.717, 1.165) is 22.9 Å². The third kappa shape index (κ3) is 2.95. The van der Waals surface area contributed by atoms with Crippen LogP contribution in [0.2, 0.25) is 0 Å². The third-order valence-corrected chi connectivity index (χ3v) is 3.27. The topological polar surface area (TPSA) is 41.1 Å². The molecule has 0 amide bonds. The number of anilines is 2. The van der Waals surface area contributed by atoms with E-state index < -0.39 is 0 Å². The molecule has 0 aliphatic rings. The van der Waals surface area contributed by atoms with Crippen molar-refractivity contribution in [2.45, 2.75) is 13.5 Å². The van der Waals surface area contributed by atoms with Gasteiger partial charge in [-0.3, -0.25) is 0 Å². The van der Waals surface area contributed by atoms with Crippen LogP contribution < -0.4 is 10.2 Å². The molecule has 4 nitrogen and oxygen atoms in total. The summed E-state index contributed by atoms with van der Waals surface area (Å²) < 4.78 is 16.8. The van der Waals surface area contributed by atoms with Gasteiger partial charge in [-0.2, -0.15) is 0 Å². The van der Waals surface area contributed by atoms with Crippen LogP contribution in [0.25, 0.3) is 0 Å². The van der Waals surface area contributed by atoms with Crippen LogP contribution in [-0.4, -0.2) is 23.2 Å². The van der Waals surface area contributed by atoms with Crippen LogP contribution in [0, 0.1) is 5.82 Å². The minimum Gasteiger partial charge on any atom is -0.374 e. The highest BCUT2D eigenvalue weighted by atomic mass is 32.1. The van der Waals surface area contributed by atoms with E-state index in [1.54, 1.807) is 12.1 Å². The molecule has 1 aromatic carbocycles. The fourth-order valence-corrected chi connectivity index (χ4v) is 2.26. The van der Waals surface area contributed by atoms with E-state index in [2.05, 4.69) is 14.9 Å². The van der Waals surface area contributed by atoms with Gasteiger partial charge in [0, 0.05) is 30.8 Å². The van der Waals surface area contributed by atoms with E-state index >= 15 is 0 Å². The van der Waals surface area contributed by atoms with Crippen LogP contribution in [0.15, 0.2) is 24.3 Å². The summed E-state index contributed by atoms with van der Waals surface area (Å²) in [5, 5.41) is 8.33. The number of benzene rings is 1. The molecule has 18 heavy (non-hydrogen) atoms. The summed E-state index contributed by atoms with van der Waals surface area (Å²) in [6.45, 7) is 3.52. The number of halogens is 1. The Balaban J connectivity index is 2.08. The molecule has 1 heterocycles. The number of nitrogens with zero attached hydrogens (tertiary/aromatic N) is 3. The normalized spacial score (nSPS) is 10.4. The molecule has 0 radical (unpaired) electrons. The first-order chi connectivity index (χ1) is 8.70. The summed E-state index contributed by atoms with van der Waals surface area (Å²) in [5.74, 6) is -0.226. The molecular formula is C12H15FN4S. The highest BCUT2D eigenvalue weighted by Crippen LogP contribution is 2.21. The van der Waals surface area contributed by atoms with Crippen LogP contribution in [-0.2, 0) is 6.54 Å². The maximum atomic E-state index is 12.8. The average Bonchev–Trinajstić information content (AvgIpc) is 2.78. The first-order valence-electron chi connectivity index (χ1n) is 5.72. The maximum absolute atomic E-state index is 12.8. The van der Waals surface area contributed by atoms with E-state index in [0.29, 0.717) is 6.54 Å². The molecular weight excluding hydrogens is 251 g/mol. The molecule has 0 unspecified atom stereocenters. The van der Waals surface area contributed by atoms with Crippen molar-refractivity contribution in [3.63, 3.8) is 0 Å². The highest BCUT2D eigenvalue weighted by Gasteiger charge is 2.10. The summed E-state index contributed by atoms with van der Waals surface area (Å²) in [7, 11) is 1.95. The van der Waals surface area contributed by atoms with E-state index in [1.165, 1.54) is 23.7 Å². The Kier molecular flexibility index (Phi) is 4.09. The second-order valence-electron chi connectivity index (χ2n) is 3.91. The van der Waals surface area contributed by atoms with E-state index in [-0.39, 0.29) is 5.82 Å². The zero-order chi connectivity index (χ0) is 13.0. The largest absolute Gasteiger partial charge is 0.374 e. The Labute approximate surface area is 110 Å². The van der Waals surface area contributed by atoms with E-state index in [4.69, 9.17) is 0 Å². The lowest BCUT2D eigenvalue weighted by molar-refractivity contribution is 0.627. The monoisotopic (exact) mass is 266 g/mol. The van der Waals surface area contributed by atoms with Crippen LogP contribution in [0.4, 0.5) is 15.1 Å². The van der Waals surface area contributed by atoms with Crippen LogP contribution in [0.5, 0.6) is 0 Å². The zero-order valence-electron chi connectivity index (χ0n) is 10.4. The molecule has 0 saturated heterocycles. The average molecular weight is 266 g/mol. The first kappa shape index (κ1) is 12.8. The molecule has 1 N–H and O–H groups in total. The summed E-state index contributed by atoms with van der Waals surface area (Å²) in [6, 6.07) is 6.41. The van der Waals surface area contributed by atoms with Gasteiger partial charge in [0.1, 0.15) is 16.5 Å². The number of aromatic nitrogens is 2. The maximum Gasteiger partial charge on any atom is 0.135 e. The Morgan fingerprint density at radius 2 is 2.06 bits per heavy atom. The lowest BCUT2D eigenvalue weighted by Crippen LogP contribution is -2.17. The first-order valence-corrected chi connectivity index (χ1v) is 6.50. The van der Waals surface area contributed by atoms with Crippen molar-refractivity contribution >= 4 is 22.2 Å². The van der Waals surface area contributed by atoms with Crippen molar-refractivity contribution in [2.75, 3.05) is 23.8 Å². The molecule has 6 heteroatoms. The lowest BCUT2D eigenvalue weighted by Gasteiger charge is -2.18. The molecule has 0 saturated carbocycles. The minimum absolute atomic E-state index is 0.226. The summed E-state index contributed by atoms with van der Waals surface area (Å²) in [5.41, 5.74) is 1.86. The SMILES string of the molecule is CCNc1snnc1CN(C)c1ccc(F)cc1. The van der Waals surface area contributed by atoms with E-state index in [9.17, 15) is 4.39 Å². The van der Waals surface area contributed by atoms with Crippen molar-refractivity contribution in [3.8, 4) is 0 Å². The molecule has 1 aromatic heterocycles. The summed E-state index contributed by atoms with van der Waals surface area (Å²) >= 11 is 1.35. The predicted octanol–water partition coefficient (Wildman–Crippen LogP) is 2.75. The van der Waals surface area contributed by atoms with Crippen molar-refractivity contribution in [1.29, 1.82) is 0 Å². The number of nitrogens with one attached hydrogen (secondary N) is 1. The van der Waals surface area contributed by atoms with Gasteiger partial charge in [-0.15, -0.1) is 5.10 Å². The van der Waals surface area contributed by atoms with Gasteiger partial charge < -0.3 is 10.2 Å². The Morgan fingerprint density at radius 1 is 1.33 bits per heavy atom. The molecule has 0 bridgehead atoms. The van der Waals surface area contributed by atoms with Gasteiger partial charge >= 0.3 is 0 Å². The fourth-order valence-electron chi connectivity index (χ4n) is 1.62. The van der Waals surface area contributed by atoms with Gasteiger partial charge in [-0.25, -0.2) is 4.39 Å². The highest BCUT2D eigenvalue weighted by molar-refractivity contribution is 7.10. The van der Waals surface area contributed by atoms with Gasteiger partial charge in [0.05, 0.1) is 6.54 Å². The van der Waals surface area contributed by atoms with Crippen molar-refractivity contribution in [1.82, 2.24) is 9.59 Å².